The van der Waals surface area contributed by atoms with Crippen molar-refractivity contribution < 1.29 is 19.5 Å². The second kappa shape index (κ2) is 4.23. The minimum atomic E-state index is -1.05. The molecule has 0 radical (unpaired) electrons. The SMILES string of the molecule is CC(C)[C@H](C(=O)O)N1OCC=CC1=O. The molecule has 0 saturated carbocycles. The Kier molecular flexibility index (Phi) is 3.24. The van der Waals surface area contributed by atoms with Crippen molar-refractivity contribution in [3.63, 3.8) is 0 Å². The summed E-state index contributed by atoms with van der Waals surface area (Å²) in [7, 11) is 0. The van der Waals surface area contributed by atoms with Crippen LogP contribution in [0.5, 0.6) is 0 Å². The number of carbonyl (C=O) groups is 2. The fraction of sp³-hybridized carbons (Fsp3) is 0.556. The molecule has 0 aromatic carbocycles. The van der Waals surface area contributed by atoms with Gasteiger partial charge in [-0.05, 0) is 5.92 Å². The van der Waals surface area contributed by atoms with Gasteiger partial charge in [0.2, 0.25) is 0 Å². The van der Waals surface area contributed by atoms with Crippen LogP contribution in [0.25, 0.3) is 0 Å². The number of aliphatic carboxylic acids is 1. The molecule has 1 amide bonds. The maximum absolute atomic E-state index is 11.3. The summed E-state index contributed by atoms with van der Waals surface area (Å²) in [6, 6.07) is -0.924. The van der Waals surface area contributed by atoms with Crippen LogP contribution in [0.1, 0.15) is 13.8 Å². The third-order valence-corrected chi connectivity index (χ3v) is 1.92. The zero-order valence-electron chi connectivity index (χ0n) is 8.14. The molecule has 0 aromatic heterocycles. The van der Waals surface area contributed by atoms with E-state index in [0.29, 0.717) is 0 Å². The highest BCUT2D eigenvalue weighted by molar-refractivity contribution is 5.90. The first-order valence-corrected chi connectivity index (χ1v) is 4.39. The molecule has 0 saturated heterocycles. The van der Waals surface area contributed by atoms with E-state index in [0.717, 1.165) is 5.06 Å². The zero-order chi connectivity index (χ0) is 10.7. The lowest BCUT2D eigenvalue weighted by atomic mass is 10.0. The van der Waals surface area contributed by atoms with Crippen LogP contribution in [0.4, 0.5) is 0 Å². The first-order chi connectivity index (χ1) is 6.54. The Hall–Kier alpha value is -1.36. The summed E-state index contributed by atoms with van der Waals surface area (Å²) in [6.45, 7) is 3.70. The predicted molar refractivity (Wildman–Crippen MR) is 48.2 cm³/mol. The number of rotatable bonds is 3. The smallest absolute Gasteiger partial charge is 0.329 e. The molecule has 1 atom stereocenters. The van der Waals surface area contributed by atoms with Crippen molar-refractivity contribution in [2.45, 2.75) is 19.9 Å². The van der Waals surface area contributed by atoms with Crippen molar-refractivity contribution in [1.29, 1.82) is 0 Å². The number of nitrogens with zero attached hydrogens (tertiary/aromatic N) is 1. The summed E-state index contributed by atoms with van der Waals surface area (Å²) in [6.07, 6.45) is 2.87. The Morgan fingerprint density at radius 1 is 1.64 bits per heavy atom. The summed E-state index contributed by atoms with van der Waals surface area (Å²) < 4.78 is 0. The fourth-order valence-corrected chi connectivity index (χ4v) is 1.28. The largest absolute Gasteiger partial charge is 0.480 e. The van der Waals surface area contributed by atoms with Gasteiger partial charge >= 0.3 is 5.97 Å². The highest BCUT2D eigenvalue weighted by atomic mass is 16.7. The van der Waals surface area contributed by atoms with Crippen molar-refractivity contribution in [1.82, 2.24) is 5.06 Å². The van der Waals surface area contributed by atoms with Crippen molar-refractivity contribution in [2.24, 2.45) is 5.92 Å². The Bertz CT molecular complexity index is 272. The standard InChI is InChI=1S/C9H13NO4/c1-6(2)8(9(12)13)10-7(11)4-3-5-14-10/h3-4,6,8H,5H2,1-2H3,(H,12,13)/t8-/m1/s1. The van der Waals surface area contributed by atoms with Crippen molar-refractivity contribution in [3.8, 4) is 0 Å². The minimum absolute atomic E-state index is 0.192. The van der Waals surface area contributed by atoms with Gasteiger partial charge in [0.15, 0.2) is 6.04 Å². The van der Waals surface area contributed by atoms with Gasteiger partial charge in [0.1, 0.15) is 0 Å². The highest BCUT2D eigenvalue weighted by Gasteiger charge is 2.33. The Morgan fingerprint density at radius 3 is 2.71 bits per heavy atom. The molecule has 14 heavy (non-hydrogen) atoms. The van der Waals surface area contributed by atoms with Gasteiger partial charge in [0, 0.05) is 6.08 Å². The zero-order valence-corrected chi connectivity index (χ0v) is 8.14. The summed E-state index contributed by atoms with van der Waals surface area (Å²) in [5, 5.41) is 9.84. The van der Waals surface area contributed by atoms with E-state index in [9.17, 15) is 9.59 Å². The Labute approximate surface area is 81.9 Å². The average molecular weight is 199 g/mol. The normalized spacial score (nSPS) is 18.8. The van der Waals surface area contributed by atoms with Crippen molar-refractivity contribution in [2.75, 3.05) is 6.61 Å². The van der Waals surface area contributed by atoms with E-state index in [1.165, 1.54) is 6.08 Å². The van der Waals surface area contributed by atoms with Crippen LogP contribution in [0.2, 0.25) is 0 Å². The molecule has 0 bridgehead atoms. The molecular formula is C9H13NO4. The summed E-state index contributed by atoms with van der Waals surface area (Å²) >= 11 is 0. The third kappa shape index (κ3) is 2.11. The maximum atomic E-state index is 11.3. The van der Waals surface area contributed by atoms with Crippen LogP contribution in [0, 0.1) is 5.92 Å². The molecule has 0 spiro atoms. The van der Waals surface area contributed by atoms with E-state index in [4.69, 9.17) is 9.94 Å². The van der Waals surface area contributed by atoms with Gasteiger partial charge in [0.05, 0.1) is 6.61 Å². The van der Waals surface area contributed by atoms with Crippen LogP contribution < -0.4 is 0 Å². The fourth-order valence-electron chi connectivity index (χ4n) is 1.28. The van der Waals surface area contributed by atoms with Gasteiger partial charge in [-0.1, -0.05) is 19.9 Å². The van der Waals surface area contributed by atoms with Crippen LogP contribution in [-0.2, 0) is 14.4 Å². The number of hydrogen-bond donors (Lipinski definition) is 1. The van der Waals surface area contributed by atoms with Gasteiger partial charge in [-0.25, -0.2) is 9.86 Å². The van der Waals surface area contributed by atoms with Crippen molar-refractivity contribution in [3.05, 3.63) is 12.2 Å². The van der Waals surface area contributed by atoms with Gasteiger partial charge in [0.25, 0.3) is 5.91 Å². The topological polar surface area (TPSA) is 66.8 Å². The molecule has 0 aromatic rings. The molecule has 5 heteroatoms. The molecule has 1 heterocycles. The van der Waals surface area contributed by atoms with E-state index in [1.807, 2.05) is 0 Å². The molecule has 1 aliphatic rings. The quantitative estimate of drug-likeness (QED) is 0.715. The van der Waals surface area contributed by atoms with Crippen LogP contribution in [0.3, 0.4) is 0 Å². The lowest BCUT2D eigenvalue weighted by molar-refractivity contribution is -0.205. The number of hydrogen-bond acceptors (Lipinski definition) is 3. The molecular weight excluding hydrogens is 186 g/mol. The highest BCUT2D eigenvalue weighted by Crippen LogP contribution is 2.14. The Balaban J connectivity index is 2.83. The molecule has 1 N–H and O–H groups in total. The number of carboxylic acid groups (broad SMARTS) is 1. The van der Waals surface area contributed by atoms with Crippen LogP contribution >= 0.6 is 0 Å². The van der Waals surface area contributed by atoms with E-state index in [2.05, 4.69) is 0 Å². The average Bonchev–Trinajstić information content (AvgIpc) is 2.07. The molecule has 78 valence electrons. The third-order valence-electron chi connectivity index (χ3n) is 1.92. The second-order valence-electron chi connectivity index (χ2n) is 3.39. The monoisotopic (exact) mass is 199 g/mol. The lowest BCUT2D eigenvalue weighted by Gasteiger charge is -2.30. The predicted octanol–water partition coefficient (Wildman–Crippen LogP) is 0.426. The first-order valence-electron chi connectivity index (χ1n) is 4.39. The van der Waals surface area contributed by atoms with E-state index in [-0.39, 0.29) is 12.5 Å². The van der Waals surface area contributed by atoms with Crippen molar-refractivity contribution >= 4 is 11.9 Å². The minimum Gasteiger partial charge on any atom is -0.480 e. The van der Waals surface area contributed by atoms with E-state index < -0.39 is 17.9 Å². The van der Waals surface area contributed by atoms with Gasteiger partial charge in [-0.2, -0.15) is 0 Å². The molecule has 5 nitrogen and oxygen atoms in total. The van der Waals surface area contributed by atoms with Gasteiger partial charge in [-0.15, -0.1) is 0 Å². The van der Waals surface area contributed by atoms with E-state index >= 15 is 0 Å². The number of carboxylic acids is 1. The number of carbonyl (C=O) groups excluding carboxylic acids is 1. The molecule has 1 rings (SSSR count). The van der Waals surface area contributed by atoms with Gasteiger partial charge < -0.3 is 5.11 Å². The van der Waals surface area contributed by atoms with Crippen LogP contribution in [0.15, 0.2) is 12.2 Å². The molecule has 0 aliphatic carbocycles. The van der Waals surface area contributed by atoms with Gasteiger partial charge in [-0.3, -0.25) is 9.63 Å². The summed E-state index contributed by atoms with van der Waals surface area (Å²) in [5.74, 6) is -1.66. The first kappa shape index (κ1) is 10.7. The Morgan fingerprint density at radius 2 is 2.29 bits per heavy atom. The number of amides is 1. The molecule has 0 unspecified atom stereocenters. The summed E-state index contributed by atoms with van der Waals surface area (Å²) in [5.41, 5.74) is 0. The lowest BCUT2D eigenvalue weighted by Crippen LogP contribution is -2.48. The maximum Gasteiger partial charge on any atom is 0.329 e. The summed E-state index contributed by atoms with van der Waals surface area (Å²) in [4.78, 5) is 27.2. The van der Waals surface area contributed by atoms with E-state index in [1.54, 1.807) is 19.9 Å². The number of hydroxylamine groups is 2. The second-order valence-corrected chi connectivity index (χ2v) is 3.39. The molecule has 0 fully saturated rings. The molecule has 1 aliphatic heterocycles. The van der Waals surface area contributed by atoms with Crippen LogP contribution in [-0.4, -0.2) is 34.7 Å².